The Morgan fingerprint density at radius 3 is 1.61 bits per heavy atom. The van der Waals surface area contributed by atoms with Crippen LogP contribution in [0.2, 0.25) is 0 Å². The summed E-state index contributed by atoms with van der Waals surface area (Å²) in [6, 6.07) is 43.9. The van der Waals surface area contributed by atoms with E-state index in [-0.39, 0.29) is 11.3 Å². The van der Waals surface area contributed by atoms with Crippen LogP contribution in [0, 0.1) is 0 Å². The summed E-state index contributed by atoms with van der Waals surface area (Å²) in [5.74, 6) is 0. The molecule has 0 aliphatic carbocycles. The van der Waals surface area contributed by atoms with Gasteiger partial charge in [0.1, 0.15) is 0 Å². The third-order valence-electron chi connectivity index (χ3n) is 6.60. The zero-order valence-corrected chi connectivity index (χ0v) is 19.4. The Morgan fingerprint density at radius 2 is 1.03 bits per heavy atom. The highest BCUT2D eigenvalue weighted by molar-refractivity contribution is 8.09. The molecule has 0 amide bonds. The molecule has 4 aromatic rings. The van der Waals surface area contributed by atoms with Crippen LogP contribution >= 0.6 is 11.8 Å². The van der Waals surface area contributed by atoms with E-state index in [0.29, 0.717) is 0 Å². The van der Waals surface area contributed by atoms with E-state index in [1.54, 1.807) is 0 Å². The number of rotatable bonds is 4. The maximum absolute atomic E-state index is 2.49. The quantitative estimate of drug-likeness (QED) is 0.314. The Bertz CT molecular complexity index is 1330. The van der Waals surface area contributed by atoms with Crippen molar-refractivity contribution in [3.8, 4) is 0 Å². The normalized spacial score (nSPS) is 19.8. The molecule has 0 bridgehead atoms. The number of hydrogen-bond acceptors (Lipinski definition) is 2. The van der Waals surface area contributed by atoms with Gasteiger partial charge in [0.05, 0.1) is 11.3 Å². The van der Waals surface area contributed by atoms with E-state index in [9.17, 15) is 0 Å². The molecule has 1 nitrogen and oxygen atoms in total. The Morgan fingerprint density at radius 1 is 0.545 bits per heavy atom. The van der Waals surface area contributed by atoms with E-state index in [1.807, 2.05) is 11.8 Å². The molecule has 0 saturated heterocycles. The molecule has 0 N–H and O–H groups in total. The first kappa shape index (κ1) is 20.1. The second-order valence-electron chi connectivity index (χ2n) is 8.57. The minimum absolute atomic E-state index is 0.188. The Hall–Kier alpha value is -3.49. The number of benzene rings is 4. The first-order valence-electron chi connectivity index (χ1n) is 11.4. The van der Waals surface area contributed by atoms with Crippen molar-refractivity contribution in [3.63, 3.8) is 0 Å². The summed E-state index contributed by atoms with van der Waals surface area (Å²) in [4.78, 5) is 3.89. The predicted octanol–water partition coefficient (Wildman–Crippen LogP) is 7.98. The summed E-state index contributed by atoms with van der Waals surface area (Å²) in [5.41, 5.74) is 9.52. The van der Waals surface area contributed by atoms with Gasteiger partial charge < -0.3 is 4.90 Å². The van der Waals surface area contributed by atoms with Crippen molar-refractivity contribution in [2.75, 3.05) is 7.05 Å². The molecule has 2 aliphatic heterocycles. The van der Waals surface area contributed by atoms with Crippen molar-refractivity contribution in [1.82, 2.24) is 4.90 Å². The SMILES string of the molecule is CN1C(c2ccccc2)=C2C(=C(c3ccccc3)S[C@@H]2c2ccccc2)[C@H]1c1ccccc1. The van der Waals surface area contributed by atoms with Crippen molar-refractivity contribution in [1.29, 1.82) is 0 Å². The van der Waals surface area contributed by atoms with Gasteiger partial charge in [0.2, 0.25) is 0 Å². The van der Waals surface area contributed by atoms with Crippen LogP contribution in [0.15, 0.2) is 132 Å². The van der Waals surface area contributed by atoms with Crippen LogP contribution < -0.4 is 0 Å². The van der Waals surface area contributed by atoms with Gasteiger partial charge in [-0.15, -0.1) is 11.8 Å². The standard InChI is InChI=1S/C31H25NS/c1-32-28(22-14-6-2-7-15-22)26-27(29(32)23-16-8-3-9-17-23)31(25-20-12-5-13-21-25)33-30(26)24-18-10-4-11-19-24/h2-21,28,31H,1H3/t28-,31-/m1/s1. The van der Waals surface area contributed by atoms with E-state index in [2.05, 4.69) is 133 Å². The fourth-order valence-corrected chi connectivity index (χ4v) is 6.70. The van der Waals surface area contributed by atoms with E-state index >= 15 is 0 Å². The lowest BCUT2D eigenvalue weighted by atomic mass is 9.89. The van der Waals surface area contributed by atoms with Crippen LogP contribution in [0.3, 0.4) is 0 Å². The fourth-order valence-electron chi connectivity index (χ4n) is 5.20. The zero-order chi connectivity index (χ0) is 22.2. The van der Waals surface area contributed by atoms with Crippen LogP contribution in [0.25, 0.3) is 10.6 Å². The molecule has 6 rings (SSSR count). The monoisotopic (exact) mass is 443 g/mol. The molecule has 4 aromatic carbocycles. The molecular formula is C31H25NS. The largest absolute Gasteiger partial charge is 0.363 e. The van der Waals surface area contributed by atoms with Gasteiger partial charge in [-0.05, 0) is 27.8 Å². The second kappa shape index (κ2) is 8.46. The molecule has 0 spiro atoms. The maximum Gasteiger partial charge on any atom is 0.0808 e. The summed E-state index contributed by atoms with van der Waals surface area (Å²) in [6.07, 6.45) is 0. The predicted molar refractivity (Wildman–Crippen MR) is 140 cm³/mol. The van der Waals surface area contributed by atoms with Gasteiger partial charge in [-0.25, -0.2) is 0 Å². The van der Waals surface area contributed by atoms with E-state index in [1.165, 1.54) is 44.0 Å². The number of likely N-dealkylation sites (N-methyl/N-ethyl adjacent to an activating group) is 1. The highest BCUT2D eigenvalue weighted by Crippen LogP contribution is 2.64. The Kier molecular flexibility index (Phi) is 5.16. The maximum atomic E-state index is 2.49. The third kappa shape index (κ3) is 3.42. The second-order valence-corrected chi connectivity index (χ2v) is 9.69. The number of fused-ring (bicyclic) bond motifs is 1. The molecule has 2 aliphatic rings. The molecule has 0 saturated carbocycles. The van der Waals surface area contributed by atoms with Crippen LogP contribution in [-0.2, 0) is 0 Å². The summed E-state index contributed by atoms with van der Waals surface area (Å²) in [6.45, 7) is 0. The summed E-state index contributed by atoms with van der Waals surface area (Å²) >= 11 is 2.00. The van der Waals surface area contributed by atoms with Crippen molar-refractivity contribution in [2.24, 2.45) is 0 Å². The lowest BCUT2D eigenvalue weighted by Gasteiger charge is -2.28. The molecule has 0 radical (unpaired) electrons. The number of hydrogen-bond donors (Lipinski definition) is 0. The lowest BCUT2D eigenvalue weighted by Crippen LogP contribution is -2.19. The molecule has 2 heterocycles. The minimum atomic E-state index is 0.188. The summed E-state index contributed by atoms with van der Waals surface area (Å²) in [7, 11) is 2.26. The van der Waals surface area contributed by atoms with Crippen molar-refractivity contribution in [3.05, 3.63) is 155 Å². The Balaban J connectivity index is 1.65. The van der Waals surface area contributed by atoms with Crippen molar-refractivity contribution >= 4 is 22.4 Å². The van der Waals surface area contributed by atoms with Gasteiger partial charge in [-0.1, -0.05) is 121 Å². The highest BCUT2D eigenvalue weighted by Gasteiger charge is 2.45. The van der Waals surface area contributed by atoms with Crippen molar-refractivity contribution < 1.29 is 0 Å². The first-order valence-corrected chi connectivity index (χ1v) is 12.3. The van der Waals surface area contributed by atoms with E-state index < -0.39 is 0 Å². The first-order chi connectivity index (χ1) is 16.3. The molecule has 2 heteroatoms. The third-order valence-corrected chi connectivity index (χ3v) is 8.04. The molecule has 0 aromatic heterocycles. The smallest absolute Gasteiger partial charge is 0.0808 e. The topological polar surface area (TPSA) is 3.24 Å². The molecule has 2 atom stereocenters. The molecule has 160 valence electrons. The highest BCUT2D eigenvalue weighted by atomic mass is 32.2. The number of nitrogens with zero attached hydrogens (tertiary/aromatic N) is 1. The van der Waals surface area contributed by atoms with Gasteiger partial charge >= 0.3 is 0 Å². The minimum Gasteiger partial charge on any atom is -0.363 e. The number of thioether (sulfide) groups is 1. The van der Waals surface area contributed by atoms with Gasteiger partial charge in [-0.2, -0.15) is 0 Å². The molecule has 33 heavy (non-hydrogen) atoms. The summed E-state index contributed by atoms with van der Waals surface area (Å²) in [5, 5.41) is 0.266. The van der Waals surface area contributed by atoms with Crippen molar-refractivity contribution in [2.45, 2.75) is 11.3 Å². The van der Waals surface area contributed by atoms with Crippen LogP contribution in [0.4, 0.5) is 0 Å². The van der Waals surface area contributed by atoms with Crippen LogP contribution in [0.1, 0.15) is 33.5 Å². The Labute approximate surface area is 200 Å². The molecular weight excluding hydrogens is 418 g/mol. The lowest BCUT2D eigenvalue weighted by molar-refractivity contribution is 0.425. The van der Waals surface area contributed by atoms with E-state index in [4.69, 9.17) is 0 Å². The van der Waals surface area contributed by atoms with Gasteiger partial charge in [0.25, 0.3) is 0 Å². The summed E-state index contributed by atoms with van der Waals surface area (Å²) < 4.78 is 0. The molecule has 0 fully saturated rings. The van der Waals surface area contributed by atoms with Gasteiger partial charge in [0, 0.05) is 23.2 Å². The van der Waals surface area contributed by atoms with Gasteiger partial charge in [0.15, 0.2) is 0 Å². The zero-order valence-electron chi connectivity index (χ0n) is 18.6. The van der Waals surface area contributed by atoms with E-state index in [0.717, 1.165) is 0 Å². The van der Waals surface area contributed by atoms with Gasteiger partial charge in [-0.3, -0.25) is 0 Å². The average Bonchev–Trinajstić information content (AvgIpc) is 3.40. The fraction of sp³-hybridized carbons (Fsp3) is 0.0968. The van der Waals surface area contributed by atoms with Crippen LogP contribution in [-0.4, -0.2) is 11.9 Å². The van der Waals surface area contributed by atoms with Crippen LogP contribution in [0.5, 0.6) is 0 Å². The molecule has 0 unspecified atom stereocenters. The average molecular weight is 444 g/mol.